The van der Waals surface area contributed by atoms with Crippen LogP contribution in [0, 0.1) is 25.2 Å². The van der Waals surface area contributed by atoms with E-state index in [1.54, 1.807) is 6.26 Å². The van der Waals surface area contributed by atoms with Gasteiger partial charge in [-0.1, -0.05) is 5.16 Å². The fraction of sp³-hybridized carbons (Fsp3) is 0.579. The maximum atomic E-state index is 12.5. The summed E-state index contributed by atoms with van der Waals surface area (Å²) in [6.07, 6.45) is 2.10. The van der Waals surface area contributed by atoms with E-state index in [2.05, 4.69) is 15.4 Å². The second-order valence-electron chi connectivity index (χ2n) is 7.58. The van der Waals surface area contributed by atoms with Crippen LogP contribution < -0.4 is 5.32 Å². The van der Waals surface area contributed by atoms with Crippen LogP contribution in [-0.4, -0.2) is 42.3 Å². The summed E-state index contributed by atoms with van der Waals surface area (Å²) in [5, 5.41) is 7.01. The number of amides is 1. The molecule has 0 saturated carbocycles. The Hall–Kier alpha value is -2.12. The predicted molar refractivity (Wildman–Crippen MR) is 93.2 cm³/mol. The molecule has 1 N–H and O–H groups in total. The first-order valence-corrected chi connectivity index (χ1v) is 9.07. The average molecular weight is 359 g/mol. The molecule has 0 spiro atoms. The highest BCUT2D eigenvalue weighted by Gasteiger charge is 2.51. The summed E-state index contributed by atoms with van der Waals surface area (Å²) in [5.74, 6) is 2.08. The maximum absolute atomic E-state index is 12.5. The zero-order valence-electron chi connectivity index (χ0n) is 15.3. The van der Waals surface area contributed by atoms with E-state index < -0.39 is 0 Å². The van der Waals surface area contributed by atoms with Crippen molar-refractivity contribution in [1.82, 2.24) is 15.4 Å². The third kappa shape index (κ3) is 3.29. The number of furan rings is 1. The predicted octanol–water partition coefficient (Wildman–Crippen LogP) is 2.04. The van der Waals surface area contributed by atoms with Crippen molar-refractivity contribution >= 4 is 5.91 Å². The Morgan fingerprint density at radius 3 is 3.08 bits per heavy atom. The first kappa shape index (κ1) is 17.3. The smallest absolute Gasteiger partial charge is 0.221 e. The maximum Gasteiger partial charge on any atom is 0.221 e. The zero-order chi connectivity index (χ0) is 18.1. The number of fused-ring (bicyclic) bond motifs is 1. The molecule has 140 valence electrons. The SMILES string of the molecule is Cc1noc(C)c1CN1C[C@@H]2COC[C@]2(CC(=O)NCc2ccco2)C1. The molecule has 4 rings (SSSR count). The van der Waals surface area contributed by atoms with Crippen molar-refractivity contribution in [2.45, 2.75) is 33.4 Å². The topological polar surface area (TPSA) is 80.7 Å². The zero-order valence-corrected chi connectivity index (χ0v) is 15.3. The largest absolute Gasteiger partial charge is 0.467 e. The second-order valence-corrected chi connectivity index (χ2v) is 7.58. The monoisotopic (exact) mass is 359 g/mol. The Morgan fingerprint density at radius 2 is 2.35 bits per heavy atom. The van der Waals surface area contributed by atoms with E-state index in [-0.39, 0.29) is 11.3 Å². The van der Waals surface area contributed by atoms with Crippen molar-refractivity contribution in [2.24, 2.45) is 11.3 Å². The number of ether oxygens (including phenoxy) is 1. The van der Waals surface area contributed by atoms with Crippen LogP contribution in [0.1, 0.15) is 29.2 Å². The lowest BCUT2D eigenvalue weighted by molar-refractivity contribution is -0.124. The van der Waals surface area contributed by atoms with Crippen LogP contribution >= 0.6 is 0 Å². The highest BCUT2D eigenvalue weighted by molar-refractivity contribution is 5.76. The molecule has 2 aliphatic heterocycles. The summed E-state index contributed by atoms with van der Waals surface area (Å²) < 4.78 is 16.3. The number of aryl methyl sites for hydroxylation is 2. The summed E-state index contributed by atoms with van der Waals surface area (Å²) >= 11 is 0. The highest BCUT2D eigenvalue weighted by atomic mass is 16.5. The molecule has 4 heterocycles. The Balaban J connectivity index is 1.39. The van der Waals surface area contributed by atoms with E-state index in [0.717, 1.165) is 49.0 Å². The number of rotatable bonds is 6. The van der Waals surface area contributed by atoms with Gasteiger partial charge in [0, 0.05) is 43.0 Å². The van der Waals surface area contributed by atoms with Crippen LogP contribution in [0.4, 0.5) is 0 Å². The van der Waals surface area contributed by atoms with E-state index in [1.165, 1.54) is 0 Å². The number of aromatic nitrogens is 1. The van der Waals surface area contributed by atoms with E-state index in [4.69, 9.17) is 13.7 Å². The molecule has 2 fully saturated rings. The molecule has 0 bridgehead atoms. The minimum atomic E-state index is -0.105. The number of hydrogen-bond acceptors (Lipinski definition) is 6. The van der Waals surface area contributed by atoms with Crippen molar-refractivity contribution in [3.05, 3.63) is 41.2 Å². The molecule has 0 radical (unpaired) electrons. The number of nitrogens with zero attached hydrogens (tertiary/aromatic N) is 2. The van der Waals surface area contributed by atoms with Crippen molar-refractivity contribution in [3.8, 4) is 0 Å². The Morgan fingerprint density at radius 1 is 1.46 bits per heavy atom. The first-order valence-electron chi connectivity index (χ1n) is 9.07. The van der Waals surface area contributed by atoms with Crippen molar-refractivity contribution in [3.63, 3.8) is 0 Å². The fourth-order valence-corrected chi connectivity index (χ4v) is 4.25. The van der Waals surface area contributed by atoms with Gasteiger partial charge in [-0.05, 0) is 26.0 Å². The number of carbonyl (C=O) groups excluding carboxylic acids is 1. The molecule has 26 heavy (non-hydrogen) atoms. The van der Waals surface area contributed by atoms with Gasteiger partial charge in [0.2, 0.25) is 5.91 Å². The molecule has 0 unspecified atom stereocenters. The number of hydrogen-bond donors (Lipinski definition) is 1. The number of likely N-dealkylation sites (tertiary alicyclic amines) is 1. The van der Waals surface area contributed by atoms with Crippen LogP contribution in [0.5, 0.6) is 0 Å². The lowest BCUT2D eigenvalue weighted by Gasteiger charge is -2.26. The van der Waals surface area contributed by atoms with Gasteiger partial charge in [-0.25, -0.2) is 0 Å². The van der Waals surface area contributed by atoms with Gasteiger partial charge >= 0.3 is 0 Å². The second kappa shape index (κ2) is 6.89. The van der Waals surface area contributed by atoms with Gasteiger partial charge in [-0.2, -0.15) is 0 Å². The molecule has 0 aliphatic carbocycles. The normalized spacial score (nSPS) is 25.5. The Kier molecular flexibility index (Phi) is 4.58. The summed E-state index contributed by atoms with van der Waals surface area (Å²) in [6, 6.07) is 3.69. The van der Waals surface area contributed by atoms with E-state index in [1.807, 2.05) is 26.0 Å². The van der Waals surface area contributed by atoms with Crippen molar-refractivity contribution in [1.29, 1.82) is 0 Å². The quantitative estimate of drug-likeness (QED) is 0.850. The Labute approximate surface area is 152 Å². The molecular weight excluding hydrogens is 334 g/mol. The molecule has 2 aromatic heterocycles. The number of nitrogens with one attached hydrogen (secondary N) is 1. The van der Waals surface area contributed by atoms with Crippen LogP contribution in [0.25, 0.3) is 0 Å². The van der Waals surface area contributed by atoms with Crippen LogP contribution in [0.15, 0.2) is 27.3 Å². The van der Waals surface area contributed by atoms with Crippen LogP contribution in [0.3, 0.4) is 0 Å². The van der Waals surface area contributed by atoms with Gasteiger partial charge < -0.3 is 19.0 Å². The lowest BCUT2D eigenvalue weighted by Crippen LogP contribution is -2.37. The van der Waals surface area contributed by atoms with E-state index in [0.29, 0.717) is 25.5 Å². The summed E-state index contributed by atoms with van der Waals surface area (Å²) in [4.78, 5) is 14.9. The molecule has 1 amide bonds. The molecule has 2 aromatic rings. The highest BCUT2D eigenvalue weighted by Crippen LogP contribution is 2.44. The molecular formula is C19H25N3O4. The van der Waals surface area contributed by atoms with Gasteiger partial charge in [-0.3, -0.25) is 9.69 Å². The summed E-state index contributed by atoms with van der Waals surface area (Å²) in [7, 11) is 0. The standard InChI is InChI=1S/C19H25N3O4/c1-13-17(14(2)26-21-13)9-22-8-15-10-24-12-19(15,11-22)6-18(23)20-7-16-4-3-5-25-16/h3-5,15H,6-12H2,1-2H3,(H,20,23)/t15-,19+/m1/s1. The summed E-state index contributed by atoms with van der Waals surface area (Å²) in [6.45, 7) is 8.33. The van der Waals surface area contributed by atoms with Gasteiger partial charge in [-0.15, -0.1) is 0 Å². The third-order valence-corrected chi connectivity index (χ3v) is 5.71. The van der Waals surface area contributed by atoms with Gasteiger partial charge in [0.15, 0.2) is 0 Å². The number of carbonyl (C=O) groups is 1. The minimum Gasteiger partial charge on any atom is -0.467 e. The van der Waals surface area contributed by atoms with Crippen molar-refractivity contribution in [2.75, 3.05) is 26.3 Å². The lowest BCUT2D eigenvalue weighted by atomic mass is 9.78. The third-order valence-electron chi connectivity index (χ3n) is 5.71. The molecule has 2 aliphatic rings. The molecule has 2 saturated heterocycles. The van der Waals surface area contributed by atoms with E-state index >= 15 is 0 Å². The van der Waals surface area contributed by atoms with Gasteiger partial charge in [0.25, 0.3) is 0 Å². The van der Waals surface area contributed by atoms with Crippen LogP contribution in [-0.2, 0) is 22.6 Å². The van der Waals surface area contributed by atoms with Gasteiger partial charge in [0.05, 0.1) is 31.7 Å². The minimum absolute atomic E-state index is 0.0519. The fourth-order valence-electron chi connectivity index (χ4n) is 4.25. The summed E-state index contributed by atoms with van der Waals surface area (Å²) in [5.41, 5.74) is 2.00. The average Bonchev–Trinajstić information content (AvgIpc) is 3.35. The molecule has 0 aromatic carbocycles. The molecule has 7 heteroatoms. The molecule has 7 nitrogen and oxygen atoms in total. The Bertz CT molecular complexity index is 750. The van der Waals surface area contributed by atoms with Gasteiger partial charge in [0.1, 0.15) is 11.5 Å². The van der Waals surface area contributed by atoms with E-state index in [9.17, 15) is 4.79 Å². The first-order chi connectivity index (χ1) is 12.6. The van der Waals surface area contributed by atoms with Crippen molar-refractivity contribution < 1.29 is 18.5 Å². The van der Waals surface area contributed by atoms with Crippen LogP contribution in [0.2, 0.25) is 0 Å². The molecule has 2 atom stereocenters.